The highest BCUT2D eigenvalue weighted by Gasteiger charge is 2.48. The van der Waals surface area contributed by atoms with Crippen molar-refractivity contribution in [3.05, 3.63) is 103 Å². The average molecular weight is 479 g/mol. The molecule has 182 valence electrons. The van der Waals surface area contributed by atoms with Crippen molar-refractivity contribution in [3.8, 4) is 0 Å². The number of aryl methyl sites for hydroxylation is 1. The van der Waals surface area contributed by atoms with Crippen LogP contribution in [0, 0.1) is 6.92 Å². The summed E-state index contributed by atoms with van der Waals surface area (Å²) in [4.78, 5) is 50.3. The van der Waals surface area contributed by atoms with E-state index in [-0.39, 0.29) is 30.4 Å². The lowest BCUT2D eigenvalue weighted by molar-refractivity contribution is -0.0773. The van der Waals surface area contributed by atoms with Gasteiger partial charge < -0.3 is 20.7 Å². The van der Waals surface area contributed by atoms with E-state index in [1.165, 1.54) is 22.9 Å². The van der Waals surface area contributed by atoms with Gasteiger partial charge in [0.15, 0.2) is 0 Å². The summed E-state index contributed by atoms with van der Waals surface area (Å²) in [6.45, 7) is 1.56. The summed E-state index contributed by atoms with van der Waals surface area (Å²) < 4.78 is 7.69. The van der Waals surface area contributed by atoms with Crippen molar-refractivity contribution in [2.24, 2.45) is 5.73 Å². The van der Waals surface area contributed by atoms with Crippen molar-refractivity contribution in [1.29, 1.82) is 0 Å². The van der Waals surface area contributed by atoms with Crippen molar-refractivity contribution in [2.75, 3.05) is 0 Å². The predicted molar refractivity (Wildman–Crippen MR) is 126 cm³/mol. The van der Waals surface area contributed by atoms with E-state index in [0.29, 0.717) is 16.7 Å². The highest BCUT2D eigenvalue weighted by atomic mass is 16.5. The number of aromatic amines is 1. The summed E-state index contributed by atoms with van der Waals surface area (Å²) in [6.07, 6.45) is 0.874. The van der Waals surface area contributed by atoms with Gasteiger partial charge in [-0.25, -0.2) is 14.4 Å². The van der Waals surface area contributed by atoms with Crippen LogP contribution in [0.25, 0.3) is 0 Å². The number of nitrogens with two attached hydrogens (primary N) is 1. The molecule has 5 N–H and O–H groups in total. The summed E-state index contributed by atoms with van der Waals surface area (Å²) in [6, 6.07) is 12.2. The third-order valence-electron chi connectivity index (χ3n) is 6.43. The Kier molecular flexibility index (Phi) is 6.42. The van der Waals surface area contributed by atoms with Gasteiger partial charge in [0.25, 0.3) is 5.56 Å². The number of nitrogens with one attached hydrogen (secondary N) is 1. The fourth-order valence-corrected chi connectivity index (χ4v) is 4.63. The molecule has 0 unspecified atom stereocenters. The normalized spacial score (nSPS) is 18.9. The van der Waals surface area contributed by atoms with E-state index in [4.69, 9.17) is 10.5 Å². The molecule has 2 aromatic carbocycles. The Labute approximate surface area is 199 Å². The number of hydrogen-bond acceptors (Lipinski definition) is 6. The lowest BCUT2D eigenvalue weighted by Gasteiger charge is -2.34. The first kappa shape index (κ1) is 24.1. The maximum Gasteiger partial charge on any atom is 0.335 e. The molecule has 1 fully saturated rings. The number of hydrogen-bond donors (Lipinski definition) is 4. The van der Waals surface area contributed by atoms with Gasteiger partial charge in [0.1, 0.15) is 6.23 Å². The molecule has 10 nitrogen and oxygen atoms in total. The molecule has 0 spiro atoms. The van der Waals surface area contributed by atoms with Crippen LogP contribution >= 0.6 is 0 Å². The third kappa shape index (κ3) is 4.66. The van der Waals surface area contributed by atoms with Crippen LogP contribution in [-0.2, 0) is 17.6 Å². The number of rotatable bonds is 7. The predicted octanol–water partition coefficient (Wildman–Crippen LogP) is 1.71. The Morgan fingerprint density at radius 1 is 1.03 bits per heavy atom. The number of aromatic carboxylic acids is 2. The first-order chi connectivity index (χ1) is 16.6. The first-order valence-corrected chi connectivity index (χ1v) is 11.0. The largest absolute Gasteiger partial charge is 0.478 e. The van der Waals surface area contributed by atoms with Gasteiger partial charge in [0, 0.05) is 37.1 Å². The third-order valence-corrected chi connectivity index (χ3v) is 6.43. The Morgan fingerprint density at radius 3 is 2.06 bits per heavy atom. The Balaban J connectivity index is 1.82. The van der Waals surface area contributed by atoms with Crippen molar-refractivity contribution in [3.63, 3.8) is 0 Å². The fourth-order valence-electron chi connectivity index (χ4n) is 4.63. The fraction of sp³-hybridized carbons (Fsp3) is 0.280. The van der Waals surface area contributed by atoms with Crippen LogP contribution in [0.15, 0.2) is 64.3 Å². The SMILES string of the molecule is Cc1cn([C@H]2C[C@H](N)C(Cc3ccccc3C(=O)O)(Cc3ccccc3C(=O)O)O2)c(=O)[nH]c1=O. The Bertz CT molecular complexity index is 1350. The lowest BCUT2D eigenvalue weighted by atomic mass is 9.80. The molecule has 1 aromatic heterocycles. The van der Waals surface area contributed by atoms with Crippen LogP contribution in [0.4, 0.5) is 0 Å². The minimum absolute atomic E-state index is 0.0676. The molecule has 0 bridgehead atoms. The molecule has 1 aliphatic heterocycles. The lowest BCUT2D eigenvalue weighted by Crippen LogP contribution is -2.49. The smallest absolute Gasteiger partial charge is 0.335 e. The zero-order valence-electron chi connectivity index (χ0n) is 18.9. The number of aromatic nitrogens is 2. The number of carboxylic acid groups (broad SMARTS) is 2. The van der Waals surface area contributed by atoms with Crippen LogP contribution in [0.3, 0.4) is 0 Å². The van der Waals surface area contributed by atoms with E-state index >= 15 is 0 Å². The monoisotopic (exact) mass is 479 g/mol. The second kappa shape index (κ2) is 9.32. The van der Waals surface area contributed by atoms with Crippen molar-refractivity contribution in [1.82, 2.24) is 9.55 Å². The Morgan fingerprint density at radius 2 is 1.54 bits per heavy atom. The molecule has 0 radical (unpaired) electrons. The average Bonchev–Trinajstić information content (AvgIpc) is 3.12. The molecule has 1 saturated heterocycles. The molecule has 0 aliphatic carbocycles. The van der Waals surface area contributed by atoms with E-state index < -0.39 is 41.1 Å². The second-order valence-corrected chi connectivity index (χ2v) is 8.74. The molecule has 0 amide bonds. The van der Waals surface area contributed by atoms with Crippen LogP contribution in [-0.4, -0.2) is 43.3 Å². The van der Waals surface area contributed by atoms with E-state index in [2.05, 4.69) is 4.98 Å². The number of carbonyl (C=O) groups is 2. The maximum absolute atomic E-state index is 12.5. The summed E-state index contributed by atoms with van der Waals surface area (Å²) >= 11 is 0. The molecule has 2 heterocycles. The standard InChI is InChI=1S/C25H25N3O7/c1-14-13-28(24(34)27-21(14)29)20-10-19(26)25(35-20,11-15-6-2-4-8-17(15)22(30)31)12-16-7-3-5-9-18(16)23(32)33/h2-9,13,19-20H,10-12,26H2,1H3,(H,30,31)(H,32,33)(H,27,29,34)/t19-,20+/m0/s1. The molecular formula is C25H25N3O7. The number of benzene rings is 2. The number of ether oxygens (including phenoxy) is 1. The molecule has 0 saturated carbocycles. The summed E-state index contributed by atoms with van der Waals surface area (Å²) in [5.41, 5.74) is 5.60. The van der Waals surface area contributed by atoms with Gasteiger partial charge in [-0.15, -0.1) is 0 Å². The highest BCUT2D eigenvalue weighted by Crippen LogP contribution is 2.41. The van der Waals surface area contributed by atoms with Crippen LogP contribution in [0.1, 0.15) is 50.1 Å². The van der Waals surface area contributed by atoms with Crippen LogP contribution in [0.2, 0.25) is 0 Å². The van der Waals surface area contributed by atoms with Crippen molar-refractivity contribution >= 4 is 11.9 Å². The van der Waals surface area contributed by atoms with E-state index in [1.807, 2.05) is 0 Å². The van der Waals surface area contributed by atoms with Crippen LogP contribution in [0.5, 0.6) is 0 Å². The molecule has 4 rings (SSSR count). The Hall–Kier alpha value is -4.02. The summed E-state index contributed by atoms with van der Waals surface area (Å²) in [5.74, 6) is -2.23. The van der Waals surface area contributed by atoms with Crippen molar-refractivity contribution in [2.45, 2.75) is 44.1 Å². The zero-order chi connectivity index (χ0) is 25.3. The minimum Gasteiger partial charge on any atom is -0.478 e. The van der Waals surface area contributed by atoms with Gasteiger partial charge in [0.05, 0.1) is 16.7 Å². The number of nitrogens with zero attached hydrogens (tertiary/aromatic N) is 1. The van der Waals surface area contributed by atoms with Gasteiger partial charge >= 0.3 is 17.6 Å². The highest BCUT2D eigenvalue weighted by molar-refractivity contribution is 5.90. The minimum atomic E-state index is -1.23. The van der Waals surface area contributed by atoms with Crippen LogP contribution < -0.4 is 17.0 Å². The molecule has 10 heteroatoms. The van der Waals surface area contributed by atoms with E-state index in [9.17, 15) is 29.4 Å². The molecule has 3 aromatic rings. The molecular weight excluding hydrogens is 454 g/mol. The second-order valence-electron chi connectivity index (χ2n) is 8.74. The van der Waals surface area contributed by atoms with Gasteiger partial charge in [0.2, 0.25) is 0 Å². The molecule has 35 heavy (non-hydrogen) atoms. The van der Waals surface area contributed by atoms with Gasteiger partial charge in [-0.05, 0) is 30.2 Å². The summed E-state index contributed by atoms with van der Waals surface area (Å²) in [5, 5.41) is 19.4. The topological polar surface area (TPSA) is 165 Å². The van der Waals surface area contributed by atoms with E-state index in [1.54, 1.807) is 43.3 Å². The van der Waals surface area contributed by atoms with Crippen molar-refractivity contribution < 1.29 is 24.5 Å². The zero-order valence-corrected chi connectivity index (χ0v) is 18.9. The maximum atomic E-state index is 12.5. The molecule has 1 aliphatic rings. The first-order valence-electron chi connectivity index (χ1n) is 11.0. The van der Waals surface area contributed by atoms with E-state index in [0.717, 1.165) is 0 Å². The summed E-state index contributed by atoms with van der Waals surface area (Å²) in [7, 11) is 0. The molecule has 2 atom stereocenters. The van der Waals surface area contributed by atoms with Gasteiger partial charge in [-0.3, -0.25) is 14.3 Å². The number of carboxylic acids is 2. The quantitative estimate of drug-likeness (QED) is 0.398. The van der Waals surface area contributed by atoms with Gasteiger partial charge in [-0.2, -0.15) is 0 Å². The number of H-pyrrole nitrogens is 1. The van der Waals surface area contributed by atoms with Gasteiger partial charge in [-0.1, -0.05) is 36.4 Å².